The highest BCUT2D eigenvalue weighted by atomic mass is 16.5. The Morgan fingerprint density at radius 2 is 1.55 bits per heavy atom. The Morgan fingerprint density at radius 3 is 2.35 bits per heavy atom. The maximum absolute atomic E-state index is 5.40. The third-order valence-electron chi connectivity index (χ3n) is 3.32. The van der Waals surface area contributed by atoms with Gasteiger partial charge in [0.15, 0.2) is 0 Å². The maximum Gasteiger partial charge on any atom is 0.224 e. The number of methoxy groups -OCH3 is 2. The summed E-state index contributed by atoms with van der Waals surface area (Å²) in [5, 5.41) is 2.38. The van der Waals surface area contributed by atoms with Gasteiger partial charge in [0.25, 0.3) is 0 Å². The lowest BCUT2D eigenvalue weighted by Gasteiger charge is -2.11. The molecule has 0 unspecified atom stereocenters. The van der Waals surface area contributed by atoms with E-state index < -0.39 is 0 Å². The third-order valence-corrected chi connectivity index (χ3v) is 3.32. The molecule has 0 radical (unpaired) electrons. The van der Waals surface area contributed by atoms with Crippen molar-refractivity contribution < 1.29 is 9.47 Å². The molecule has 0 saturated carbocycles. The summed E-state index contributed by atoms with van der Waals surface area (Å²) in [4.78, 5) is 4.35. The minimum absolute atomic E-state index is 0.547. The lowest BCUT2D eigenvalue weighted by atomic mass is 9.99. The molecule has 3 aromatic rings. The van der Waals surface area contributed by atoms with Gasteiger partial charge in [0.05, 0.1) is 14.2 Å². The summed E-state index contributed by atoms with van der Waals surface area (Å²) in [6.07, 6.45) is 0. The van der Waals surface area contributed by atoms with Gasteiger partial charge >= 0.3 is 0 Å². The van der Waals surface area contributed by atoms with Crippen LogP contribution in [0.25, 0.3) is 21.9 Å². The normalized spacial score (nSPS) is 10.5. The predicted molar refractivity (Wildman–Crippen MR) is 80.3 cm³/mol. The zero-order valence-electron chi connectivity index (χ0n) is 11.5. The van der Waals surface area contributed by atoms with Gasteiger partial charge in [-0.2, -0.15) is 4.98 Å². The molecule has 0 aliphatic heterocycles. The fraction of sp³-hybridized carbons (Fsp3) is 0.118. The van der Waals surface area contributed by atoms with Crippen LogP contribution in [0.15, 0.2) is 54.6 Å². The highest BCUT2D eigenvalue weighted by Crippen LogP contribution is 2.34. The van der Waals surface area contributed by atoms with E-state index >= 15 is 0 Å². The minimum Gasteiger partial charge on any atom is -0.481 e. The summed E-state index contributed by atoms with van der Waals surface area (Å²) in [6.45, 7) is 0. The molecule has 3 heteroatoms. The van der Waals surface area contributed by atoms with Crippen LogP contribution < -0.4 is 9.47 Å². The third kappa shape index (κ3) is 2.07. The Balaban J connectivity index is 2.25. The fourth-order valence-electron chi connectivity index (χ4n) is 2.36. The molecule has 0 saturated heterocycles. The average molecular weight is 265 g/mol. The number of rotatable bonds is 3. The molecule has 3 nitrogen and oxygen atoms in total. The lowest BCUT2D eigenvalue weighted by Crippen LogP contribution is -1.95. The predicted octanol–water partition coefficient (Wildman–Crippen LogP) is 3.92. The highest BCUT2D eigenvalue weighted by molar-refractivity contribution is 5.97. The first kappa shape index (κ1) is 12.5. The van der Waals surface area contributed by atoms with Gasteiger partial charge in [-0.15, -0.1) is 0 Å². The molecule has 1 aromatic heterocycles. The Bertz CT molecular complexity index is 748. The summed E-state index contributed by atoms with van der Waals surface area (Å²) in [6, 6.07) is 18.3. The maximum atomic E-state index is 5.40. The highest BCUT2D eigenvalue weighted by Gasteiger charge is 2.11. The quantitative estimate of drug-likeness (QED) is 0.719. The number of pyridine rings is 1. The van der Waals surface area contributed by atoms with Crippen LogP contribution in [-0.4, -0.2) is 19.2 Å². The van der Waals surface area contributed by atoms with E-state index in [2.05, 4.69) is 29.2 Å². The van der Waals surface area contributed by atoms with Gasteiger partial charge in [0.1, 0.15) is 0 Å². The van der Waals surface area contributed by atoms with Crippen LogP contribution in [0.1, 0.15) is 0 Å². The second kappa shape index (κ2) is 5.21. The van der Waals surface area contributed by atoms with Crippen molar-refractivity contribution in [1.82, 2.24) is 4.98 Å². The second-order valence-electron chi connectivity index (χ2n) is 4.44. The largest absolute Gasteiger partial charge is 0.481 e. The van der Waals surface area contributed by atoms with E-state index in [1.165, 1.54) is 10.8 Å². The molecule has 0 amide bonds. The van der Waals surface area contributed by atoms with Gasteiger partial charge < -0.3 is 9.47 Å². The van der Waals surface area contributed by atoms with Crippen molar-refractivity contribution in [2.75, 3.05) is 14.2 Å². The summed E-state index contributed by atoms with van der Waals surface area (Å²) in [5.41, 5.74) is 2.07. The molecule has 3 rings (SSSR count). The van der Waals surface area contributed by atoms with E-state index in [0.29, 0.717) is 11.8 Å². The van der Waals surface area contributed by atoms with Gasteiger partial charge in [-0.05, 0) is 22.4 Å². The first-order valence-electron chi connectivity index (χ1n) is 6.40. The van der Waals surface area contributed by atoms with E-state index in [9.17, 15) is 0 Å². The molecule has 2 aromatic carbocycles. The summed E-state index contributed by atoms with van der Waals surface area (Å²) < 4.78 is 10.5. The van der Waals surface area contributed by atoms with Gasteiger partial charge in [0.2, 0.25) is 11.8 Å². The number of benzene rings is 2. The molecule has 0 spiro atoms. The molecule has 0 bridgehead atoms. The van der Waals surface area contributed by atoms with E-state index in [0.717, 1.165) is 11.1 Å². The van der Waals surface area contributed by atoms with E-state index in [4.69, 9.17) is 9.47 Å². The molecule has 0 aliphatic rings. The zero-order chi connectivity index (χ0) is 13.9. The van der Waals surface area contributed by atoms with Gasteiger partial charge in [-0.3, -0.25) is 0 Å². The number of nitrogens with zero attached hydrogens (tertiary/aromatic N) is 1. The number of hydrogen-bond acceptors (Lipinski definition) is 3. The van der Waals surface area contributed by atoms with Crippen LogP contribution in [0.5, 0.6) is 11.8 Å². The van der Waals surface area contributed by atoms with Crippen LogP contribution >= 0.6 is 0 Å². The van der Waals surface area contributed by atoms with Gasteiger partial charge in [-0.25, -0.2) is 0 Å². The Labute approximate surface area is 117 Å². The molecule has 100 valence electrons. The van der Waals surface area contributed by atoms with Gasteiger partial charge in [0, 0.05) is 11.6 Å². The fourth-order valence-corrected chi connectivity index (χ4v) is 2.36. The smallest absolute Gasteiger partial charge is 0.224 e. The van der Waals surface area contributed by atoms with Crippen molar-refractivity contribution in [2.45, 2.75) is 0 Å². The summed E-state index contributed by atoms with van der Waals surface area (Å²) in [7, 11) is 3.22. The monoisotopic (exact) mass is 265 g/mol. The summed E-state index contributed by atoms with van der Waals surface area (Å²) >= 11 is 0. The molecular weight excluding hydrogens is 250 g/mol. The molecule has 0 fully saturated rings. The molecule has 0 aliphatic carbocycles. The number of aromatic nitrogens is 1. The van der Waals surface area contributed by atoms with Crippen molar-refractivity contribution in [2.24, 2.45) is 0 Å². The topological polar surface area (TPSA) is 31.4 Å². The number of fused-ring (bicyclic) bond motifs is 1. The van der Waals surface area contributed by atoms with E-state index in [1.807, 2.05) is 30.3 Å². The standard InChI is InChI=1S/C17H15NO2/c1-19-16-11-10-15(17(18-16)20-2)14-9-5-7-12-6-3-4-8-13(12)14/h3-11H,1-2H3. The van der Waals surface area contributed by atoms with E-state index in [-0.39, 0.29) is 0 Å². The number of ether oxygens (including phenoxy) is 2. The van der Waals surface area contributed by atoms with Crippen molar-refractivity contribution in [3.8, 4) is 22.9 Å². The van der Waals surface area contributed by atoms with Crippen molar-refractivity contribution in [3.05, 3.63) is 54.6 Å². The molecule has 0 N–H and O–H groups in total. The van der Waals surface area contributed by atoms with Crippen LogP contribution in [0.2, 0.25) is 0 Å². The lowest BCUT2D eigenvalue weighted by molar-refractivity contribution is 0.366. The Morgan fingerprint density at radius 1 is 0.750 bits per heavy atom. The molecule has 20 heavy (non-hydrogen) atoms. The first-order chi connectivity index (χ1) is 9.83. The van der Waals surface area contributed by atoms with Crippen molar-refractivity contribution >= 4 is 10.8 Å². The second-order valence-corrected chi connectivity index (χ2v) is 4.44. The van der Waals surface area contributed by atoms with E-state index in [1.54, 1.807) is 14.2 Å². The van der Waals surface area contributed by atoms with Crippen LogP contribution in [0, 0.1) is 0 Å². The Kier molecular flexibility index (Phi) is 3.25. The van der Waals surface area contributed by atoms with Crippen LogP contribution in [-0.2, 0) is 0 Å². The zero-order valence-corrected chi connectivity index (χ0v) is 11.5. The van der Waals surface area contributed by atoms with Crippen LogP contribution in [0.4, 0.5) is 0 Å². The van der Waals surface area contributed by atoms with Gasteiger partial charge in [-0.1, -0.05) is 42.5 Å². The average Bonchev–Trinajstić information content (AvgIpc) is 2.53. The molecular formula is C17H15NO2. The number of hydrogen-bond donors (Lipinski definition) is 0. The minimum atomic E-state index is 0.547. The van der Waals surface area contributed by atoms with Crippen LogP contribution in [0.3, 0.4) is 0 Å². The first-order valence-corrected chi connectivity index (χ1v) is 6.40. The van der Waals surface area contributed by atoms with Crippen molar-refractivity contribution in [1.29, 1.82) is 0 Å². The molecule has 1 heterocycles. The van der Waals surface area contributed by atoms with Crippen molar-refractivity contribution in [3.63, 3.8) is 0 Å². The SMILES string of the molecule is COc1ccc(-c2cccc3ccccc23)c(OC)n1. The molecule has 0 atom stereocenters. The Hall–Kier alpha value is -2.55. The summed E-state index contributed by atoms with van der Waals surface area (Å²) in [5.74, 6) is 1.12.